The first-order valence-corrected chi connectivity index (χ1v) is 7.82. The number of hydrogen-bond acceptors (Lipinski definition) is 5. The monoisotopic (exact) mass is 296 g/mol. The quantitative estimate of drug-likeness (QED) is 0.793. The van der Waals surface area contributed by atoms with Gasteiger partial charge >= 0.3 is 0 Å². The van der Waals surface area contributed by atoms with Gasteiger partial charge in [-0.1, -0.05) is 0 Å². The first-order valence-electron chi connectivity index (χ1n) is 6.94. The number of nitrogens with two attached hydrogens (primary N) is 1. The van der Waals surface area contributed by atoms with Gasteiger partial charge < -0.3 is 16.4 Å². The van der Waals surface area contributed by atoms with E-state index in [9.17, 15) is 4.79 Å². The van der Waals surface area contributed by atoms with Gasteiger partial charge in [0.05, 0.1) is 12.1 Å². The zero-order chi connectivity index (χ0) is 15.0. The molecule has 0 saturated carbocycles. The Bertz CT molecular complexity index is 479. The van der Waals surface area contributed by atoms with Crippen LogP contribution in [0, 0.1) is 0 Å². The van der Waals surface area contributed by atoms with Crippen LogP contribution in [0.25, 0.3) is 0 Å². The highest BCUT2D eigenvalue weighted by Crippen LogP contribution is 2.28. The van der Waals surface area contributed by atoms with Gasteiger partial charge in [0.25, 0.3) is 0 Å². The molecule has 1 aromatic heterocycles. The highest BCUT2D eigenvalue weighted by molar-refractivity contribution is 7.13. The molecule has 20 heavy (non-hydrogen) atoms. The summed E-state index contributed by atoms with van der Waals surface area (Å²) in [6, 6.07) is 0.199. The number of carbonyl (C=O) groups excluding carboxylic acids is 1. The summed E-state index contributed by atoms with van der Waals surface area (Å²) < 4.78 is 0. The number of piperidine rings is 1. The summed E-state index contributed by atoms with van der Waals surface area (Å²) in [6.07, 6.45) is 2.17. The van der Waals surface area contributed by atoms with Crippen LogP contribution in [0.1, 0.15) is 46.2 Å². The fourth-order valence-corrected chi connectivity index (χ4v) is 3.83. The molecule has 112 valence electrons. The van der Waals surface area contributed by atoms with Crippen LogP contribution in [-0.4, -0.2) is 28.0 Å². The molecule has 0 aliphatic carbocycles. The Labute approximate surface area is 124 Å². The van der Waals surface area contributed by atoms with E-state index < -0.39 is 0 Å². The molecule has 0 unspecified atom stereocenters. The fraction of sp³-hybridized carbons (Fsp3) is 0.714. The minimum Gasteiger partial charge on any atom is -0.375 e. The maximum Gasteiger partial charge on any atom is 0.226 e. The molecule has 2 heterocycles. The van der Waals surface area contributed by atoms with Crippen molar-refractivity contribution in [1.82, 2.24) is 15.6 Å². The van der Waals surface area contributed by atoms with Crippen molar-refractivity contribution in [3.63, 3.8) is 0 Å². The maximum atomic E-state index is 12.1. The van der Waals surface area contributed by atoms with Crippen molar-refractivity contribution in [3.05, 3.63) is 11.1 Å². The molecule has 1 aliphatic heterocycles. The zero-order valence-electron chi connectivity index (χ0n) is 12.6. The molecule has 0 radical (unpaired) electrons. The van der Waals surface area contributed by atoms with E-state index in [2.05, 4.69) is 43.3 Å². The molecule has 1 amide bonds. The summed E-state index contributed by atoms with van der Waals surface area (Å²) in [5.41, 5.74) is 6.39. The van der Waals surface area contributed by atoms with Crippen LogP contribution in [0.15, 0.2) is 5.38 Å². The first-order chi connectivity index (χ1) is 9.15. The van der Waals surface area contributed by atoms with Crippen LogP contribution in [0.5, 0.6) is 0 Å². The van der Waals surface area contributed by atoms with Crippen LogP contribution >= 0.6 is 11.3 Å². The molecule has 6 heteroatoms. The number of carbonyl (C=O) groups is 1. The molecule has 0 bridgehead atoms. The van der Waals surface area contributed by atoms with Crippen molar-refractivity contribution >= 4 is 22.4 Å². The van der Waals surface area contributed by atoms with Gasteiger partial charge in [0.2, 0.25) is 5.91 Å². The number of amides is 1. The molecule has 0 atom stereocenters. The standard InChI is InChI=1S/C14H24N4OS/c1-13(2)6-10(7-14(3,4)18-13)16-11(19)5-9-8-20-12(15)17-9/h8,10,18H,5-7H2,1-4H3,(H2,15,17)(H,16,19). The molecule has 1 aromatic rings. The molecule has 1 fully saturated rings. The molecule has 0 spiro atoms. The van der Waals surface area contributed by atoms with Gasteiger partial charge in [-0.05, 0) is 40.5 Å². The number of anilines is 1. The Kier molecular flexibility index (Phi) is 4.07. The summed E-state index contributed by atoms with van der Waals surface area (Å²) >= 11 is 1.37. The zero-order valence-corrected chi connectivity index (χ0v) is 13.4. The van der Waals surface area contributed by atoms with E-state index in [0.29, 0.717) is 11.6 Å². The van der Waals surface area contributed by atoms with Crippen LogP contribution in [0.3, 0.4) is 0 Å². The van der Waals surface area contributed by atoms with Crippen LogP contribution < -0.4 is 16.4 Å². The van der Waals surface area contributed by atoms with E-state index in [4.69, 9.17) is 5.73 Å². The Hall–Kier alpha value is -1.14. The molecule has 1 aliphatic rings. The number of rotatable bonds is 3. The SMILES string of the molecule is CC1(C)CC(NC(=O)Cc2csc(N)n2)CC(C)(C)N1. The van der Waals surface area contributed by atoms with Crippen LogP contribution in [0.4, 0.5) is 5.13 Å². The molecule has 0 aromatic carbocycles. The number of nitrogens with zero attached hydrogens (tertiary/aromatic N) is 1. The van der Waals surface area contributed by atoms with Crippen molar-refractivity contribution in [2.45, 2.75) is 64.1 Å². The largest absolute Gasteiger partial charge is 0.375 e. The van der Waals surface area contributed by atoms with E-state index in [1.54, 1.807) is 0 Å². The molecule has 5 nitrogen and oxygen atoms in total. The average Bonchev–Trinajstić information content (AvgIpc) is 2.58. The summed E-state index contributed by atoms with van der Waals surface area (Å²) in [5, 5.41) is 9.09. The third-order valence-electron chi connectivity index (χ3n) is 3.47. The highest BCUT2D eigenvalue weighted by atomic mass is 32.1. The summed E-state index contributed by atoms with van der Waals surface area (Å²) in [6.45, 7) is 8.70. The van der Waals surface area contributed by atoms with E-state index in [-0.39, 0.29) is 23.0 Å². The van der Waals surface area contributed by atoms with Crippen molar-refractivity contribution in [3.8, 4) is 0 Å². The molecule has 1 saturated heterocycles. The lowest BCUT2D eigenvalue weighted by molar-refractivity contribution is -0.121. The van der Waals surface area contributed by atoms with Crippen LogP contribution in [0.2, 0.25) is 0 Å². The summed E-state index contributed by atoms with van der Waals surface area (Å²) in [5.74, 6) is 0.0220. The van der Waals surface area contributed by atoms with E-state index in [1.165, 1.54) is 11.3 Å². The van der Waals surface area contributed by atoms with Gasteiger partial charge in [0.15, 0.2) is 5.13 Å². The first kappa shape index (κ1) is 15.3. The lowest BCUT2D eigenvalue weighted by Gasteiger charge is -2.46. The third-order valence-corrected chi connectivity index (χ3v) is 4.19. The topological polar surface area (TPSA) is 80.0 Å². The number of nitrogens with one attached hydrogen (secondary N) is 2. The van der Waals surface area contributed by atoms with Gasteiger partial charge in [-0.3, -0.25) is 4.79 Å². The van der Waals surface area contributed by atoms with E-state index in [0.717, 1.165) is 18.5 Å². The predicted octanol–water partition coefficient (Wildman–Crippen LogP) is 1.69. The average molecular weight is 296 g/mol. The third kappa shape index (κ3) is 4.18. The van der Waals surface area contributed by atoms with Gasteiger partial charge in [0.1, 0.15) is 0 Å². The summed E-state index contributed by atoms with van der Waals surface area (Å²) in [4.78, 5) is 16.2. The lowest BCUT2D eigenvalue weighted by Crippen LogP contribution is -2.62. The van der Waals surface area contributed by atoms with Crippen molar-refractivity contribution in [2.75, 3.05) is 5.73 Å². The fourth-order valence-electron chi connectivity index (χ4n) is 3.27. The lowest BCUT2D eigenvalue weighted by atomic mass is 9.79. The molecule has 2 rings (SSSR count). The number of hydrogen-bond donors (Lipinski definition) is 3. The Morgan fingerprint density at radius 2 is 2.05 bits per heavy atom. The molecule has 4 N–H and O–H groups in total. The molecular formula is C14H24N4OS. The predicted molar refractivity (Wildman–Crippen MR) is 82.7 cm³/mol. The smallest absolute Gasteiger partial charge is 0.226 e. The number of aromatic nitrogens is 1. The number of thiazole rings is 1. The highest BCUT2D eigenvalue weighted by Gasteiger charge is 2.38. The van der Waals surface area contributed by atoms with Crippen molar-refractivity contribution in [2.24, 2.45) is 0 Å². The second-order valence-electron chi connectivity index (χ2n) is 6.92. The van der Waals surface area contributed by atoms with Gasteiger partial charge in [-0.15, -0.1) is 11.3 Å². The van der Waals surface area contributed by atoms with Gasteiger partial charge in [0, 0.05) is 22.5 Å². The number of nitrogen functional groups attached to an aromatic ring is 1. The Morgan fingerprint density at radius 3 is 2.55 bits per heavy atom. The van der Waals surface area contributed by atoms with E-state index >= 15 is 0 Å². The Morgan fingerprint density at radius 1 is 1.45 bits per heavy atom. The van der Waals surface area contributed by atoms with Gasteiger partial charge in [-0.25, -0.2) is 4.98 Å². The minimum absolute atomic E-state index is 0.0220. The van der Waals surface area contributed by atoms with Gasteiger partial charge in [-0.2, -0.15) is 0 Å². The van der Waals surface area contributed by atoms with Crippen molar-refractivity contribution in [1.29, 1.82) is 0 Å². The second-order valence-corrected chi connectivity index (χ2v) is 7.81. The minimum atomic E-state index is 0.0220. The normalized spacial score (nSPS) is 21.6. The van der Waals surface area contributed by atoms with E-state index in [1.807, 2.05) is 5.38 Å². The molecular weight excluding hydrogens is 272 g/mol. The van der Waals surface area contributed by atoms with Crippen molar-refractivity contribution < 1.29 is 4.79 Å². The maximum absolute atomic E-state index is 12.1. The second kappa shape index (κ2) is 5.33. The summed E-state index contributed by atoms with van der Waals surface area (Å²) in [7, 11) is 0. The Balaban J connectivity index is 1.93. The van der Waals surface area contributed by atoms with Crippen LogP contribution in [-0.2, 0) is 11.2 Å².